The maximum atomic E-state index is 12.3. The maximum Gasteiger partial charge on any atom is 0.337 e. The topological polar surface area (TPSA) is 52.6 Å². The second kappa shape index (κ2) is 4.24. The van der Waals surface area contributed by atoms with Crippen LogP contribution in [0.3, 0.4) is 0 Å². The van der Waals surface area contributed by atoms with E-state index in [1.54, 1.807) is 36.4 Å². The minimum atomic E-state index is -0.423. The van der Waals surface area contributed by atoms with Gasteiger partial charge in [0.25, 0.3) is 0 Å². The van der Waals surface area contributed by atoms with Gasteiger partial charge < -0.3 is 9.47 Å². The van der Waals surface area contributed by atoms with Gasteiger partial charge in [0.15, 0.2) is 5.78 Å². The number of carbonyl (C=O) groups excluding carboxylic acids is 2. The highest BCUT2D eigenvalue weighted by Crippen LogP contribution is 2.38. The lowest BCUT2D eigenvalue weighted by molar-refractivity contribution is 0.0600. The van der Waals surface area contributed by atoms with Crippen LogP contribution in [0, 0.1) is 0 Å². The number of hydrogen-bond acceptors (Lipinski definition) is 4. The molecule has 2 aromatic carbocycles. The normalized spacial score (nSPS) is 11.2. The summed E-state index contributed by atoms with van der Waals surface area (Å²) in [6.45, 7) is 0. The fourth-order valence-corrected chi connectivity index (χ4v) is 1.94. The van der Waals surface area contributed by atoms with Crippen LogP contribution in [0.5, 0.6) is 11.5 Å². The van der Waals surface area contributed by atoms with E-state index in [1.165, 1.54) is 7.11 Å². The van der Waals surface area contributed by atoms with Crippen LogP contribution < -0.4 is 4.74 Å². The predicted molar refractivity (Wildman–Crippen MR) is 67.7 cm³/mol. The lowest BCUT2D eigenvalue weighted by Crippen LogP contribution is -2.08. The number of fused-ring (bicyclic) bond motifs is 2. The maximum absolute atomic E-state index is 12.3. The molecule has 2 aliphatic rings. The number of rotatable bonds is 3. The van der Waals surface area contributed by atoms with Crippen LogP contribution >= 0.6 is 0 Å². The fourth-order valence-electron chi connectivity index (χ4n) is 1.94. The monoisotopic (exact) mass is 254 g/mol. The van der Waals surface area contributed by atoms with Crippen molar-refractivity contribution in [2.45, 2.75) is 0 Å². The van der Waals surface area contributed by atoms with Crippen LogP contribution in [0.25, 0.3) is 0 Å². The molecule has 0 N–H and O–H groups in total. The number of benzene rings is 2. The average molecular weight is 254 g/mol. The summed E-state index contributed by atoms with van der Waals surface area (Å²) < 4.78 is 9.87. The van der Waals surface area contributed by atoms with Crippen LogP contribution in [0.1, 0.15) is 26.3 Å². The highest BCUT2D eigenvalue weighted by atomic mass is 16.5. The third-order valence-electron chi connectivity index (χ3n) is 2.99. The minimum absolute atomic E-state index is 0.127. The minimum Gasteiger partial charge on any atom is -0.465 e. The molecule has 0 amide bonds. The molecule has 0 saturated heterocycles. The highest BCUT2D eigenvalue weighted by Gasteiger charge is 2.21. The van der Waals surface area contributed by atoms with E-state index in [9.17, 15) is 9.59 Å². The van der Waals surface area contributed by atoms with Gasteiger partial charge in [0, 0.05) is 11.6 Å². The van der Waals surface area contributed by atoms with Crippen molar-refractivity contribution in [1.82, 2.24) is 0 Å². The van der Waals surface area contributed by atoms with E-state index in [0.29, 0.717) is 22.4 Å². The lowest BCUT2D eigenvalue weighted by Gasteiger charge is -2.19. The van der Waals surface area contributed by atoms with Gasteiger partial charge >= 0.3 is 5.97 Å². The first-order valence-electron chi connectivity index (χ1n) is 5.74. The highest BCUT2D eigenvalue weighted by molar-refractivity contribution is 6.11. The summed E-state index contributed by atoms with van der Waals surface area (Å²) in [4.78, 5) is 23.6. The molecule has 0 atom stereocenters. The van der Waals surface area contributed by atoms with Crippen molar-refractivity contribution in [3.63, 3.8) is 0 Å². The zero-order chi connectivity index (χ0) is 13.4. The van der Waals surface area contributed by atoms with Crippen molar-refractivity contribution in [3.8, 4) is 11.5 Å². The number of hydrogen-bond donors (Lipinski definition) is 0. The Balaban J connectivity index is 1.89. The third-order valence-corrected chi connectivity index (χ3v) is 2.99. The third kappa shape index (κ3) is 1.87. The van der Waals surface area contributed by atoms with Gasteiger partial charge in [-0.25, -0.2) is 4.79 Å². The number of ether oxygens (including phenoxy) is 2. The Hall–Kier alpha value is -2.62. The van der Waals surface area contributed by atoms with Crippen molar-refractivity contribution in [3.05, 3.63) is 59.2 Å². The molecular formula is C15H10O4. The molecule has 4 heteroatoms. The molecule has 0 aliphatic carbocycles. The van der Waals surface area contributed by atoms with Gasteiger partial charge in [-0.15, -0.1) is 0 Å². The Labute approximate surface area is 109 Å². The molecule has 4 rings (SSSR count). The summed E-state index contributed by atoms with van der Waals surface area (Å²) in [5, 5.41) is 0. The quantitative estimate of drug-likeness (QED) is 0.532. The molecule has 0 unspecified atom stereocenters. The molecule has 0 aromatic heterocycles. The molecule has 0 fully saturated rings. The van der Waals surface area contributed by atoms with Crippen molar-refractivity contribution in [2.75, 3.05) is 7.11 Å². The standard InChI is InChI=1S/C15H10O4/c1-18-15(17)10-4-2-9(3-5-10)14(16)12-7-6-11-8-13(12)19-11/h2-8H,1H3. The molecule has 2 bridgehead atoms. The number of methoxy groups -OCH3 is 1. The lowest BCUT2D eigenvalue weighted by atomic mass is 9.99. The predicted octanol–water partition coefficient (Wildman–Crippen LogP) is 2.81. The molecule has 19 heavy (non-hydrogen) atoms. The summed E-state index contributed by atoms with van der Waals surface area (Å²) in [7, 11) is 1.32. The molecule has 0 radical (unpaired) electrons. The summed E-state index contributed by atoms with van der Waals surface area (Å²) in [5.41, 5.74) is 1.45. The molecule has 94 valence electrons. The Bertz CT molecular complexity index is 667. The Kier molecular flexibility index (Phi) is 2.56. The van der Waals surface area contributed by atoms with E-state index in [0.717, 1.165) is 5.75 Å². The van der Waals surface area contributed by atoms with Crippen LogP contribution in [0.4, 0.5) is 0 Å². The smallest absolute Gasteiger partial charge is 0.337 e. The molecule has 2 aliphatic heterocycles. The molecule has 2 heterocycles. The molecular weight excluding hydrogens is 244 g/mol. The summed E-state index contributed by atoms with van der Waals surface area (Å²) in [5.74, 6) is 0.818. The molecule has 4 nitrogen and oxygen atoms in total. The van der Waals surface area contributed by atoms with Gasteiger partial charge in [-0.2, -0.15) is 0 Å². The fraction of sp³-hybridized carbons (Fsp3) is 0.0667. The summed E-state index contributed by atoms with van der Waals surface area (Å²) >= 11 is 0. The van der Waals surface area contributed by atoms with Crippen molar-refractivity contribution < 1.29 is 19.1 Å². The molecule has 2 aromatic rings. The zero-order valence-electron chi connectivity index (χ0n) is 10.2. The van der Waals surface area contributed by atoms with Crippen LogP contribution in [-0.4, -0.2) is 18.9 Å². The first-order valence-corrected chi connectivity index (χ1v) is 5.74. The number of ketones is 1. The van der Waals surface area contributed by atoms with Gasteiger partial charge in [-0.05, 0) is 24.3 Å². The van der Waals surface area contributed by atoms with Crippen LogP contribution in [0.15, 0.2) is 42.5 Å². The van der Waals surface area contributed by atoms with E-state index in [1.807, 2.05) is 6.07 Å². The van der Waals surface area contributed by atoms with Crippen molar-refractivity contribution >= 4 is 11.8 Å². The summed E-state index contributed by atoms with van der Waals surface area (Å²) in [6, 6.07) is 11.7. The Morgan fingerprint density at radius 1 is 1.00 bits per heavy atom. The van der Waals surface area contributed by atoms with E-state index in [4.69, 9.17) is 4.74 Å². The van der Waals surface area contributed by atoms with Gasteiger partial charge in [0.05, 0.1) is 18.2 Å². The molecule has 0 spiro atoms. The number of esters is 1. The van der Waals surface area contributed by atoms with Crippen LogP contribution in [0.2, 0.25) is 0 Å². The number of carbonyl (C=O) groups is 2. The van der Waals surface area contributed by atoms with E-state index < -0.39 is 5.97 Å². The largest absolute Gasteiger partial charge is 0.465 e. The van der Waals surface area contributed by atoms with Crippen molar-refractivity contribution in [1.29, 1.82) is 0 Å². The van der Waals surface area contributed by atoms with E-state index in [-0.39, 0.29) is 5.78 Å². The second-order valence-electron chi connectivity index (χ2n) is 4.16. The Morgan fingerprint density at radius 2 is 1.63 bits per heavy atom. The van der Waals surface area contributed by atoms with Gasteiger partial charge in [0.2, 0.25) is 0 Å². The van der Waals surface area contributed by atoms with Crippen LogP contribution in [-0.2, 0) is 4.74 Å². The SMILES string of the molecule is COC(=O)c1ccc(C(=O)c2ccc3cc2O3)cc1. The second-order valence-corrected chi connectivity index (χ2v) is 4.16. The zero-order valence-corrected chi connectivity index (χ0v) is 10.2. The van der Waals surface area contributed by atoms with E-state index in [2.05, 4.69) is 4.74 Å². The summed E-state index contributed by atoms with van der Waals surface area (Å²) in [6.07, 6.45) is 0. The molecule has 0 saturated carbocycles. The van der Waals surface area contributed by atoms with Crippen molar-refractivity contribution in [2.24, 2.45) is 0 Å². The van der Waals surface area contributed by atoms with Gasteiger partial charge in [0.1, 0.15) is 11.5 Å². The first-order chi connectivity index (χ1) is 9.19. The first kappa shape index (κ1) is 11.5. The Morgan fingerprint density at radius 3 is 2.16 bits per heavy atom. The van der Waals surface area contributed by atoms with Gasteiger partial charge in [-0.3, -0.25) is 4.79 Å². The van der Waals surface area contributed by atoms with E-state index >= 15 is 0 Å². The van der Waals surface area contributed by atoms with Gasteiger partial charge in [-0.1, -0.05) is 12.1 Å². The average Bonchev–Trinajstić information content (AvgIpc) is 2.45.